The third-order valence-corrected chi connectivity index (χ3v) is 3.86. The number of nitro benzene ring substituents is 1. The molecule has 23 heavy (non-hydrogen) atoms. The van der Waals surface area contributed by atoms with Gasteiger partial charge in [-0.1, -0.05) is 18.2 Å². The molecular weight excluding hydrogens is 316 g/mol. The van der Waals surface area contributed by atoms with Crippen LogP contribution in [0.2, 0.25) is 0 Å². The largest absolute Gasteiger partial charge is 0.401 e. The highest BCUT2D eigenvalue weighted by atomic mass is 32.1. The van der Waals surface area contributed by atoms with E-state index in [1.807, 2.05) is 17.5 Å². The summed E-state index contributed by atoms with van der Waals surface area (Å²) in [6, 6.07) is 9.77. The average Bonchev–Trinajstić information content (AvgIpc) is 3.18. The van der Waals surface area contributed by atoms with Crippen LogP contribution in [-0.4, -0.2) is 16.8 Å². The lowest BCUT2D eigenvalue weighted by molar-refractivity contribution is -0.384. The van der Waals surface area contributed by atoms with Crippen LogP contribution in [0.25, 0.3) is 6.08 Å². The molecule has 0 bridgehead atoms. The Morgan fingerprint density at radius 3 is 2.65 bits per heavy atom. The number of aliphatic imine (C=N–C) groups is 1. The monoisotopic (exact) mass is 326 g/mol. The second kappa shape index (κ2) is 6.37. The lowest BCUT2D eigenvalue weighted by Crippen LogP contribution is -2.03. The predicted octanol–water partition coefficient (Wildman–Crippen LogP) is 3.56. The number of non-ortho nitro benzene ring substituents is 1. The van der Waals surface area contributed by atoms with Gasteiger partial charge in [0.25, 0.3) is 5.69 Å². The molecule has 0 fully saturated rings. The first-order valence-corrected chi connectivity index (χ1v) is 7.49. The number of carbonyl (C=O) groups is 1. The van der Waals surface area contributed by atoms with E-state index in [0.717, 1.165) is 10.4 Å². The molecule has 3 rings (SSSR count). The van der Waals surface area contributed by atoms with Crippen molar-refractivity contribution in [2.75, 3.05) is 0 Å². The molecule has 0 spiro atoms. The van der Waals surface area contributed by atoms with Gasteiger partial charge in [0.05, 0.1) is 9.80 Å². The fraction of sp³-hybridized carbons (Fsp3) is 0. The number of benzene rings is 1. The number of thiophene rings is 1. The summed E-state index contributed by atoms with van der Waals surface area (Å²) in [4.78, 5) is 26.8. The van der Waals surface area contributed by atoms with Crippen molar-refractivity contribution in [3.8, 4) is 0 Å². The van der Waals surface area contributed by atoms with Crippen LogP contribution in [-0.2, 0) is 9.53 Å². The molecule has 0 amide bonds. The van der Waals surface area contributed by atoms with E-state index in [0.29, 0.717) is 5.90 Å². The molecule has 0 atom stereocenters. The summed E-state index contributed by atoms with van der Waals surface area (Å²) in [5, 5.41) is 12.5. The number of ether oxygens (including phenoxy) is 1. The molecule has 2 aromatic rings. The van der Waals surface area contributed by atoms with Crippen LogP contribution < -0.4 is 0 Å². The Balaban J connectivity index is 1.74. The van der Waals surface area contributed by atoms with Gasteiger partial charge in [-0.15, -0.1) is 11.3 Å². The van der Waals surface area contributed by atoms with Gasteiger partial charge in [0.1, 0.15) is 0 Å². The van der Waals surface area contributed by atoms with Crippen LogP contribution in [0.3, 0.4) is 0 Å². The fourth-order valence-electron chi connectivity index (χ4n) is 1.89. The first-order chi connectivity index (χ1) is 11.1. The zero-order chi connectivity index (χ0) is 16.2. The third-order valence-electron chi connectivity index (χ3n) is 3.00. The number of nitro groups is 1. The Hall–Kier alpha value is -3.06. The minimum absolute atomic E-state index is 0.0325. The van der Waals surface area contributed by atoms with Gasteiger partial charge in [-0.3, -0.25) is 10.1 Å². The molecule has 1 aliphatic rings. The Morgan fingerprint density at radius 2 is 2.00 bits per heavy atom. The van der Waals surface area contributed by atoms with Gasteiger partial charge in [-0.25, -0.2) is 9.79 Å². The van der Waals surface area contributed by atoms with Gasteiger partial charge in [-0.05, 0) is 35.2 Å². The van der Waals surface area contributed by atoms with Crippen molar-refractivity contribution in [1.82, 2.24) is 0 Å². The number of cyclic esters (lactones) is 1. The molecule has 0 unspecified atom stereocenters. The molecule has 0 saturated heterocycles. The molecule has 7 heteroatoms. The molecule has 2 heterocycles. The normalized spacial score (nSPS) is 15.9. The van der Waals surface area contributed by atoms with Gasteiger partial charge in [-0.2, -0.15) is 0 Å². The molecule has 6 nitrogen and oxygen atoms in total. The van der Waals surface area contributed by atoms with E-state index < -0.39 is 10.9 Å². The lowest BCUT2D eigenvalue weighted by atomic mass is 10.2. The van der Waals surface area contributed by atoms with Crippen LogP contribution in [0.5, 0.6) is 0 Å². The van der Waals surface area contributed by atoms with Crippen LogP contribution in [0, 0.1) is 10.1 Å². The van der Waals surface area contributed by atoms with E-state index in [4.69, 9.17) is 4.74 Å². The number of rotatable bonds is 4. The first kappa shape index (κ1) is 14.9. The average molecular weight is 326 g/mol. The second-order valence-corrected chi connectivity index (χ2v) is 5.49. The molecule has 1 aromatic carbocycles. The van der Waals surface area contributed by atoms with Crippen molar-refractivity contribution in [3.63, 3.8) is 0 Å². The zero-order valence-electron chi connectivity index (χ0n) is 11.7. The van der Waals surface area contributed by atoms with Crippen LogP contribution >= 0.6 is 11.3 Å². The zero-order valence-corrected chi connectivity index (χ0v) is 12.5. The number of esters is 1. The first-order valence-electron chi connectivity index (χ1n) is 6.61. The fourth-order valence-corrected chi connectivity index (χ4v) is 2.54. The van der Waals surface area contributed by atoms with Gasteiger partial charge in [0.15, 0.2) is 5.70 Å². The van der Waals surface area contributed by atoms with E-state index in [9.17, 15) is 14.9 Å². The SMILES string of the molecule is O=C1OC(c2cccs2)=N/C1=C/C=C/c1ccc([N+](=O)[O-])cc1. The minimum Gasteiger partial charge on any atom is -0.401 e. The number of carbonyl (C=O) groups excluding carboxylic acids is 1. The molecular formula is C16H10N2O4S. The van der Waals surface area contributed by atoms with Crippen molar-refractivity contribution in [2.45, 2.75) is 0 Å². The minimum atomic E-state index is -0.498. The summed E-state index contributed by atoms with van der Waals surface area (Å²) < 4.78 is 5.11. The van der Waals surface area contributed by atoms with Gasteiger partial charge in [0.2, 0.25) is 5.90 Å². The molecule has 114 valence electrons. The van der Waals surface area contributed by atoms with Crippen molar-refractivity contribution < 1.29 is 14.5 Å². The Kier molecular flexibility index (Phi) is 4.11. The van der Waals surface area contributed by atoms with E-state index >= 15 is 0 Å². The topological polar surface area (TPSA) is 81.8 Å². The van der Waals surface area contributed by atoms with E-state index in [2.05, 4.69) is 4.99 Å². The molecule has 0 saturated carbocycles. The summed E-state index contributed by atoms with van der Waals surface area (Å²) in [5.74, 6) is -0.193. The van der Waals surface area contributed by atoms with Crippen LogP contribution in [0.4, 0.5) is 5.69 Å². The van der Waals surface area contributed by atoms with Gasteiger partial charge >= 0.3 is 5.97 Å². The highest BCUT2D eigenvalue weighted by molar-refractivity contribution is 7.12. The van der Waals surface area contributed by atoms with Gasteiger partial charge in [0, 0.05) is 12.1 Å². The standard InChI is InChI=1S/C16H10N2O4S/c19-16-13(17-15(22-16)14-5-2-10-23-14)4-1-3-11-6-8-12(9-7-11)18(20)21/h1-10H/b3-1+,13-4+. The highest BCUT2D eigenvalue weighted by Gasteiger charge is 2.23. The molecule has 1 aromatic heterocycles. The summed E-state index contributed by atoms with van der Waals surface area (Å²) in [7, 11) is 0. The van der Waals surface area contributed by atoms with Crippen molar-refractivity contribution >= 4 is 35.0 Å². The molecule has 0 N–H and O–H groups in total. The summed E-state index contributed by atoms with van der Waals surface area (Å²) in [6.07, 6.45) is 4.92. The quantitative estimate of drug-likeness (QED) is 0.372. The number of nitrogens with zero attached hydrogens (tertiary/aromatic N) is 2. The third kappa shape index (κ3) is 3.41. The number of hydrogen-bond acceptors (Lipinski definition) is 6. The number of allylic oxidation sites excluding steroid dienone is 2. The van der Waals surface area contributed by atoms with E-state index in [1.165, 1.54) is 23.5 Å². The van der Waals surface area contributed by atoms with Crippen LogP contribution in [0.1, 0.15) is 10.4 Å². The maximum absolute atomic E-state index is 11.7. The molecule has 0 radical (unpaired) electrons. The van der Waals surface area contributed by atoms with Crippen molar-refractivity contribution in [2.24, 2.45) is 4.99 Å². The van der Waals surface area contributed by atoms with Crippen LogP contribution in [0.15, 0.2) is 64.6 Å². The Labute approximate surface area is 135 Å². The maximum Gasteiger partial charge on any atom is 0.363 e. The summed E-state index contributed by atoms with van der Waals surface area (Å²) in [6.45, 7) is 0. The number of hydrogen-bond donors (Lipinski definition) is 0. The second-order valence-electron chi connectivity index (χ2n) is 4.54. The smallest absolute Gasteiger partial charge is 0.363 e. The molecule has 1 aliphatic heterocycles. The van der Waals surface area contributed by atoms with Crippen molar-refractivity contribution in [3.05, 3.63) is 80.2 Å². The summed E-state index contributed by atoms with van der Waals surface area (Å²) in [5.41, 5.74) is 1.03. The Bertz CT molecular complexity index is 833. The van der Waals surface area contributed by atoms with Gasteiger partial charge < -0.3 is 4.74 Å². The Morgan fingerprint density at radius 1 is 1.22 bits per heavy atom. The predicted molar refractivity (Wildman–Crippen MR) is 87.2 cm³/mol. The highest BCUT2D eigenvalue weighted by Crippen LogP contribution is 2.20. The van der Waals surface area contributed by atoms with E-state index in [-0.39, 0.29) is 11.4 Å². The van der Waals surface area contributed by atoms with E-state index in [1.54, 1.807) is 30.4 Å². The molecule has 0 aliphatic carbocycles. The maximum atomic E-state index is 11.7. The lowest BCUT2D eigenvalue weighted by Gasteiger charge is -1.93. The van der Waals surface area contributed by atoms with Crippen molar-refractivity contribution in [1.29, 1.82) is 0 Å². The summed E-state index contributed by atoms with van der Waals surface area (Å²) >= 11 is 1.44.